The van der Waals surface area contributed by atoms with Gasteiger partial charge in [0, 0.05) is 12.8 Å². The molecule has 0 spiro atoms. The Kier molecular flexibility index (Phi) is 1.61. The molecule has 1 saturated carbocycles. The Morgan fingerprint density at radius 2 is 2.10 bits per heavy atom. The van der Waals surface area contributed by atoms with Crippen LogP contribution in [0.15, 0.2) is 0 Å². The van der Waals surface area contributed by atoms with Gasteiger partial charge in [-0.1, -0.05) is 0 Å². The lowest BCUT2D eigenvalue weighted by Crippen LogP contribution is -2.45. The number of rotatable bonds is 1. The second-order valence-electron chi connectivity index (χ2n) is 2.68. The van der Waals surface area contributed by atoms with Gasteiger partial charge in [0.15, 0.2) is 0 Å². The zero-order chi connectivity index (χ0) is 7.78. The van der Waals surface area contributed by atoms with Crippen molar-refractivity contribution >= 4 is 0 Å². The molecular weight excluding hydrogens is 138 g/mol. The Bertz CT molecular complexity index is 165. The summed E-state index contributed by atoms with van der Waals surface area (Å²) in [6.07, 6.45) is -0.441. The molecule has 1 unspecified atom stereocenters. The molecular formula is C6H8F2N2. The van der Waals surface area contributed by atoms with Crippen molar-refractivity contribution in [3.05, 3.63) is 0 Å². The SMILES string of the molecule is N#CC(N)C1CC(F)(F)C1. The zero-order valence-electron chi connectivity index (χ0n) is 5.35. The van der Waals surface area contributed by atoms with Crippen LogP contribution >= 0.6 is 0 Å². The van der Waals surface area contributed by atoms with Crippen LogP contribution in [-0.2, 0) is 0 Å². The van der Waals surface area contributed by atoms with Crippen LogP contribution in [0.5, 0.6) is 0 Å². The molecule has 0 radical (unpaired) electrons. The maximum Gasteiger partial charge on any atom is 0.248 e. The second-order valence-corrected chi connectivity index (χ2v) is 2.68. The number of hydrogen-bond donors (Lipinski definition) is 1. The first-order valence-corrected chi connectivity index (χ1v) is 3.08. The third kappa shape index (κ3) is 1.24. The molecule has 0 aromatic rings. The van der Waals surface area contributed by atoms with Crippen molar-refractivity contribution in [2.75, 3.05) is 0 Å². The summed E-state index contributed by atoms with van der Waals surface area (Å²) in [6, 6.07) is 1.04. The summed E-state index contributed by atoms with van der Waals surface area (Å²) in [5.74, 6) is -2.85. The van der Waals surface area contributed by atoms with Gasteiger partial charge >= 0.3 is 0 Å². The van der Waals surface area contributed by atoms with E-state index in [4.69, 9.17) is 11.0 Å². The fourth-order valence-corrected chi connectivity index (χ4v) is 1.07. The number of nitrogens with two attached hydrogens (primary N) is 1. The monoisotopic (exact) mass is 146 g/mol. The minimum atomic E-state index is -2.56. The van der Waals surface area contributed by atoms with Crippen molar-refractivity contribution in [2.24, 2.45) is 11.7 Å². The van der Waals surface area contributed by atoms with Crippen LogP contribution < -0.4 is 5.73 Å². The third-order valence-corrected chi connectivity index (χ3v) is 1.78. The van der Waals surface area contributed by atoms with E-state index in [0.717, 1.165) is 0 Å². The highest BCUT2D eigenvalue weighted by Gasteiger charge is 2.47. The average molecular weight is 146 g/mol. The molecule has 0 aromatic heterocycles. The van der Waals surface area contributed by atoms with Crippen molar-refractivity contribution in [2.45, 2.75) is 24.8 Å². The van der Waals surface area contributed by atoms with Gasteiger partial charge in [0.25, 0.3) is 0 Å². The van der Waals surface area contributed by atoms with E-state index in [0.29, 0.717) is 0 Å². The smallest absolute Gasteiger partial charge is 0.248 e. The third-order valence-electron chi connectivity index (χ3n) is 1.78. The van der Waals surface area contributed by atoms with Gasteiger partial charge in [0.05, 0.1) is 12.1 Å². The molecule has 1 atom stereocenters. The van der Waals surface area contributed by atoms with E-state index in [1.54, 1.807) is 6.07 Å². The van der Waals surface area contributed by atoms with E-state index in [2.05, 4.69) is 0 Å². The molecule has 0 amide bonds. The van der Waals surface area contributed by atoms with Gasteiger partial charge in [-0.25, -0.2) is 8.78 Å². The number of halogens is 2. The predicted octanol–water partition coefficient (Wildman–Crippen LogP) is 0.883. The molecule has 2 nitrogen and oxygen atoms in total. The normalized spacial score (nSPS) is 26.6. The van der Waals surface area contributed by atoms with Crippen LogP contribution in [0.25, 0.3) is 0 Å². The number of nitriles is 1. The highest BCUT2D eigenvalue weighted by atomic mass is 19.3. The molecule has 10 heavy (non-hydrogen) atoms. The summed E-state index contributed by atoms with van der Waals surface area (Å²) in [5.41, 5.74) is 5.20. The molecule has 0 heterocycles. The van der Waals surface area contributed by atoms with Crippen molar-refractivity contribution in [1.29, 1.82) is 5.26 Å². The molecule has 0 bridgehead atoms. The fourth-order valence-electron chi connectivity index (χ4n) is 1.07. The van der Waals surface area contributed by atoms with Crippen molar-refractivity contribution in [3.63, 3.8) is 0 Å². The number of hydrogen-bond acceptors (Lipinski definition) is 2. The van der Waals surface area contributed by atoms with Crippen molar-refractivity contribution < 1.29 is 8.78 Å². The molecule has 1 aliphatic carbocycles. The van der Waals surface area contributed by atoms with E-state index in [1.165, 1.54) is 0 Å². The first-order valence-electron chi connectivity index (χ1n) is 3.08. The van der Waals surface area contributed by atoms with Crippen LogP contribution in [0.1, 0.15) is 12.8 Å². The summed E-state index contributed by atoms with van der Waals surface area (Å²) < 4.78 is 24.2. The molecule has 0 saturated heterocycles. The lowest BCUT2D eigenvalue weighted by atomic mass is 9.77. The summed E-state index contributed by atoms with van der Waals surface area (Å²) in [7, 11) is 0. The van der Waals surface area contributed by atoms with E-state index >= 15 is 0 Å². The van der Waals surface area contributed by atoms with Gasteiger partial charge in [-0.15, -0.1) is 0 Å². The molecule has 1 fully saturated rings. The molecule has 1 aliphatic rings. The number of nitrogens with zero attached hydrogens (tertiary/aromatic N) is 1. The van der Waals surface area contributed by atoms with Crippen LogP contribution in [0.2, 0.25) is 0 Å². The molecule has 0 aliphatic heterocycles. The van der Waals surface area contributed by atoms with E-state index in [1.807, 2.05) is 0 Å². The Balaban J connectivity index is 2.34. The van der Waals surface area contributed by atoms with Crippen LogP contribution in [0.3, 0.4) is 0 Å². The number of alkyl halides is 2. The van der Waals surface area contributed by atoms with Crippen LogP contribution in [0.4, 0.5) is 8.78 Å². The summed E-state index contributed by atoms with van der Waals surface area (Å²) in [6.45, 7) is 0. The minimum absolute atomic E-state index is 0.221. The Hall–Kier alpha value is -0.690. The highest BCUT2D eigenvalue weighted by molar-refractivity contribution is 5.00. The average Bonchev–Trinajstić information content (AvgIpc) is 1.81. The van der Waals surface area contributed by atoms with Gasteiger partial charge in [0.2, 0.25) is 5.92 Å². The Morgan fingerprint density at radius 1 is 1.60 bits per heavy atom. The van der Waals surface area contributed by atoms with Gasteiger partial charge in [-0.05, 0) is 5.92 Å². The lowest BCUT2D eigenvalue weighted by molar-refractivity contribution is -0.112. The maximum absolute atomic E-state index is 12.1. The maximum atomic E-state index is 12.1. The van der Waals surface area contributed by atoms with Crippen molar-refractivity contribution in [1.82, 2.24) is 0 Å². The second kappa shape index (κ2) is 2.17. The zero-order valence-corrected chi connectivity index (χ0v) is 5.35. The van der Waals surface area contributed by atoms with Gasteiger partial charge in [-0.3, -0.25) is 0 Å². The Labute approximate surface area is 57.6 Å². The van der Waals surface area contributed by atoms with E-state index < -0.39 is 12.0 Å². The first kappa shape index (κ1) is 7.42. The molecule has 2 N–H and O–H groups in total. The van der Waals surface area contributed by atoms with Crippen LogP contribution in [-0.4, -0.2) is 12.0 Å². The summed E-state index contributed by atoms with van der Waals surface area (Å²) >= 11 is 0. The van der Waals surface area contributed by atoms with Gasteiger partial charge in [0.1, 0.15) is 0 Å². The molecule has 4 heteroatoms. The van der Waals surface area contributed by atoms with Crippen LogP contribution in [0, 0.1) is 17.2 Å². The summed E-state index contributed by atoms with van der Waals surface area (Å²) in [4.78, 5) is 0. The molecule has 56 valence electrons. The topological polar surface area (TPSA) is 49.8 Å². The van der Waals surface area contributed by atoms with Gasteiger partial charge < -0.3 is 5.73 Å². The van der Waals surface area contributed by atoms with Gasteiger partial charge in [-0.2, -0.15) is 5.26 Å². The van der Waals surface area contributed by atoms with E-state index in [-0.39, 0.29) is 18.8 Å². The Morgan fingerprint density at radius 3 is 2.40 bits per heavy atom. The van der Waals surface area contributed by atoms with Crippen molar-refractivity contribution in [3.8, 4) is 6.07 Å². The summed E-state index contributed by atoms with van der Waals surface area (Å²) in [5, 5.41) is 8.22. The molecule has 1 rings (SSSR count). The largest absolute Gasteiger partial charge is 0.316 e. The first-order chi connectivity index (χ1) is 4.55. The predicted molar refractivity (Wildman–Crippen MR) is 31.3 cm³/mol. The molecule has 0 aromatic carbocycles. The quantitative estimate of drug-likeness (QED) is 0.597. The standard InChI is InChI=1S/C6H8F2N2/c7-6(8)1-4(2-6)5(10)3-9/h4-5H,1-2,10H2. The van der Waals surface area contributed by atoms with E-state index in [9.17, 15) is 8.78 Å². The fraction of sp³-hybridized carbons (Fsp3) is 0.833. The lowest BCUT2D eigenvalue weighted by Gasteiger charge is -2.35. The highest BCUT2D eigenvalue weighted by Crippen LogP contribution is 2.43. The minimum Gasteiger partial charge on any atom is -0.316 e.